The molecule has 14 heavy (non-hydrogen) atoms. The average Bonchev–Trinajstić information content (AvgIpc) is 2.20. The number of hydrogen-bond donors (Lipinski definition) is 1. The van der Waals surface area contributed by atoms with Crippen molar-refractivity contribution in [3.8, 4) is 6.07 Å². The average molecular weight is 207 g/mol. The summed E-state index contributed by atoms with van der Waals surface area (Å²) in [5.74, 6) is 0. The molecular formula is C11H11ClN2. The Kier molecular flexibility index (Phi) is 4.03. The number of nitriles is 1. The molecule has 1 aromatic rings. The first-order valence-corrected chi connectivity index (χ1v) is 4.70. The molecule has 0 aliphatic carbocycles. The minimum Gasteiger partial charge on any atom is -0.384 e. The molecule has 1 aromatic carbocycles. The van der Waals surface area contributed by atoms with Crippen LogP contribution in [0.15, 0.2) is 30.9 Å². The maximum Gasteiger partial charge on any atom is 0.101 e. The van der Waals surface area contributed by atoms with Crippen LogP contribution in [0.4, 0.5) is 5.69 Å². The second kappa shape index (κ2) is 5.31. The van der Waals surface area contributed by atoms with Gasteiger partial charge in [0.1, 0.15) is 6.07 Å². The van der Waals surface area contributed by atoms with Gasteiger partial charge in [-0.3, -0.25) is 0 Å². The van der Waals surface area contributed by atoms with Gasteiger partial charge in [0.2, 0.25) is 0 Å². The van der Waals surface area contributed by atoms with Crippen LogP contribution in [0.25, 0.3) is 0 Å². The van der Waals surface area contributed by atoms with Crippen LogP contribution in [0.1, 0.15) is 12.0 Å². The van der Waals surface area contributed by atoms with Gasteiger partial charge in [0.25, 0.3) is 0 Å². The largest absolute Gasteiger partial charge is 0.384 e. The van der Waals surface area contributed by atoms with Gasteiger partial charge in [0.15, 0.2) is 0 Å². The molecule has 72 valence electrons. The van der Waals surface area contributed by atoms with E-state index in [0.717, 1.165) is 18.7 Å². The summed E-state index contributed by atoms with van der Waals surface area (Å²) in [6.07, 6.45) is 2.70. The number of nitrogens with zero attached hydrogens (tertiary/aromatic N) is 1. The highest BCUT2D eigenvalue weighted by Crippen LogP contribution is 2.19. The lowest BCUT2D eigenvalue weighted by atomic mass is 10.2. The maximum absolute atomic E-state index is 8.83. The zero-order chi connectivity index (χ0) is 10.4. The Balaban J connectivity index is 2.76. The lowest BCUT2D eigenvalue weighted by molar-refractivity contribution is 1.07. The fraction of sp³-hybridized carbons (Fsp3) is 0.182. The molecule has 3 heteroatoms. The Bertz CT molecular complexity index is 366. The predicted octanol–water partition coefficient (Wildman–Crippen LogP) is 3.20. The zero-order valence-corrected chi connectivity index (χ0v) is 8.51. The SMILES string of the molecule is C=CCCNc1ccc(Cl)cc1C#N. The Morgan fingerprint density at radius 2 is 2.36 bits per heavy atom. The topological polar surface area (TPSA) is 35.8 Å². The van der Waals surface area contributed by atoms with E-state index in [0.29, 0.717) is 10.6 Å². The summed E-state index contributed by atoms with van der Waals surface area (Å²) in [6.45, 7) is 4.40. The number of benzene rings is 1. The summed E-state index contributed by atoms with van der Waals surface area (Å²) in [5.41, 5.74) is 1.39. The monoisotopic (exact) mass is 206 g/mol. The van der Waals surface area contributed by atoms with E-state index in [1.807, 2.05) is 12.1 Å². The minimum absolute atomic E-state index is 0.571. The van der Waals surface area contributed by atoms with Gasteiger partial charge in [0, 0.05) is 11.6 Å². The molecule has 0 aliphatic heterocycles. The van der Waals surface area contributed by atoms with Crippen molar-refractivity contribution in [2.75, 3.05) is 11.9 Å². The summed E-state index contributed by atoms with van der Waals surface area (Å²) < 4.78 is 0. The normalized spacial score (nSPS) is 9.14. The lowest BCUT2D eigenvalue weighted by Gasteiger charge is -2.06. The third kappa shape index (κ3) is 2.79. The van der Waals surface area contributed by atoms with Crippen LogP contribution in [-0.2, 0) is 0 Å². The molecule has 0 unspecified atom stereocenters. The highest BCUT2D eigenvalue weighted by molar-refractivity contribution is 6.30. The molecule has 0 amide bonds. The smallest absolute Gasteiger partial charge is 0.101 e. The molecule has 1 rings (SSSR count). The number of anilines is 1. The van der Waals surface area contributed by atoms with E-state index in [9.17, 15) is 0 Å². The van der Waals surface area contributed by atoms with Gasteiger partial charge >= 0.3 is 0 Å². The van der Waals surface area contributed by atoms with E-state index in [-0.39, 0.29) is 0 Å². The summed E-state index contributed by atoms with van der Waals surface area (Å²) >= 11 is 5.76. The Morgan fingerprint density at radius 3 is 3.00 bits per heavy atom. The molecule has 0 aromatic heterocycles. The summed E-state index contributed by atoms with van der Waals surface area (Å²) in [6, 6.07) is 7.31. The standard InChI is InChI=1S/C11H11ClN2/c1-2-3-6-14-11-5-4-10(12)7-9(11)8-13/h2,4-5,7,14H,1,3,6H2. The summed E-state index contributed by atoms with van der Waals surface area (Å²) in [5, 5.41) is 12.5. The van der Waals surface area contributed by atoms with Crippen LogP contribution in [0.5, 0.6) is 0 Å². The molecule has 2 nitrogen and oxygen atoms in total. The molecule has 0 bridgehead atoms. The van der Waals surface area contributed by atoms with E-state index in [1.54, 1.807) is 12.1 Å². The molecule has 0 spiro atoms. The first-order valence-electron chi connectivity index (χ1n) is 4.32. The number of halogens is 1. The van der Waals surface area contributed by atoms with Crippen LogP contribution in [-0.4, -0.2) is 6.54 Å². The molecule has 0 aliphatic rings. The van der Waals surface area contributed by atoms with Gasteiger partial charge in [-0.2, -0.15) is 5.26 Å². The van der Waals surface area contributed by atoms with Gasteiger partial charge in [0.05, 0.1) is 11.3 Å². The quantitative estimate of drug-likeness (QED) is 0.607. The fourth-order valence-electron chi connectivity index (χ4n) is 1.07. The molecule has 0 heterocycles. The molecule has 0 saturated heterocycles. The van der Waals surface area contributed by atoms with Crippen molar-refractivity contribution in [2.24, 2.45) is 0 Å². The van der Waals surface area contributed by atoms with Crippen LogP contribution >= 0.6 is 11.6 Å². The van der Waals surface area contributed by atoms with Crippen molar-refractivity contribution < 1.29 is 0 Å². The van der Waals surface area contributed by atoms with E-state index < -0.39 is 0 Å². The Hall–Kier alpha value is -1.46. The molecule has 0 saturated carbocycles. The second-order valence-corrected chi connectivity index (χ2v) is 3.24. The van der Waals surface area contributed by atoms with Crippen LogP contribution in [0.3, 0.4) is 0 Å². The zero-order valence-electron chi connectivity index (χ0n) is 7.76. The molecule has 0 radical (unpaired) electrons. The van der Waals surface area contributed by atoms with Crippen molar-refractivity contribution in [1.82, 2.24) is 0 Å². The third-order valence-corrected chi connectivity index (χ3v) is 2.00. The second-order valence-electron chi connectivity index (χ2n) is 2.81. The highest BCUT2D eigenvalue weighted by Gasteiger charge is 2.00. The number of nitrogens with one attached hydrogen (secondary N) is 1. The number of hydrogen-bond acceptors (Lipinski definition) is 2. The molecular weight excluding hydrogens is 196 g/mol. The highest BCUT2D eigenvalue weighted by atomic mass is 35.5. The van der Waals surface area contributed by atoms with Crippen molar-refractivity contribution in [1.29, 1.82) is 5.26 Å². The number of rotatable bonds is 4. The Morgan fingerprint density at radius 1 is 1.57 bits per heavy atom. The molecule has 1 N–H and O–H groups in total. The molecule has 0 fully saturated rings. The fourth-order valence-corrected chi connectivity index (χ4v) is 1.24. The third-order valence-electron chi connectivity index (χ3n) is 1.77. The van der Waals surface area contributed by atoms with Crippen molar-refractivity contribution >= 4 is 17.3 Å². The lowest BCUT2D eigenvalue weighted by Crippen LogP contribution is -2.01. The predicted molar refractivity (Wildman–Crippen MR) is 59.5 cm³/mol. The summed E-state index contributed by atoms with van der Waals surface area (Å²) in [4.78, 5) is 0. The van der Waals surface area contributed by atoms with Gasteiger partial charge in [-0.25, -0.2) is 0 Å². The van der Waals surface area contributed by atoms with Crippen molar-refractivity contribution in [2.45, 2.75) is 6.42 Å². The Labute approximate surface area is 88.8 Å². The maximum atomic E-state index is 8.83. The first-order chi connectivity index (χ1) is 6.77. The van der Waals surface area contributed by atoms with E-state index in [4.69, 9.17) is 16.9 Å². The summed E-state index contributed by atoms with van der Waals surface area (Å²) in [7, 11) is 0. The van der Waals surface area contributed by atoms with Gasteiger partial charge < -0.3 is 5.32 Å². The van der Waals surface area contributed by atoms with Crippen LogP contribution in [0, 0.1) is 11.3 Å². The van der Waals surface area contributed by atoms with E-state index in [2.05, 4.69) is 18.0 Å². The molecule has 0 atom stereocenters. The van der Waals surface area contributed by atoms with E-state index >= 15 is 0 Å². The van der Waals surface area contributed by atoms with Gasteiger partial charge in [-0.1, -0.05) is 17.7 Å². The van der Waals surface area contributed by atoms with Crippen molar-refractivity contribution in [3.05, 3.63) is 41.4 Å². The van der Waals surface area contributed by atoms with Crippen LogP contribution in [0.2, 0.25) is 5.02 Å². The minimum atomic E-state index is 0.571. The van der Waals surface area contributed by atoms with Gasteiger partial charge in [-0.15, -0.1) is 6.58 Å². The van der Waals surface area contributed by atoms with E-state index in [1.165, 1.54) is 0 Å². The first kappa shape index (κ1) is 10.6. The van der Waals surface area contributed by atoms with Gasteiger partial charge in [-0.05, 0) is 24.6 Å². The van der Waals surface area contributed by atoms with Crippen molar-refractivity contribution in [3.63, 3.8) is 0 Å². The van der Waals surface area contributed by atoms with Crippen LogP contribution < -0.4 is 5.32 Å².